The maximum Gasteiger partial charge on any atom is 0.245 e. The number of rotatable bonds is 3. The lowest BCUT2D eigenvalue weighted by Crippen LogP contribution is -2.55. The molecule has 0 saturated carbocycles. The number of hydrogen-bond acceptors (Lipinski definition) is 3. The van der Waals surface area contributed by atoms with Gasteiger partial charge in [-0.3, -0.25) is 9.59 Å². The first kappa shape index (κ1) is 15.3. The molecule has 0 bridgehead atoms. The van der Waals surface area contributed by atoms with Gasteiger partial charge < -0.3 is 15.5 Å². The Morgan fingerprint density at radius 1 is 1.25 bits per heavy atom. The molecule has 5 nitrogen and oxygen atoms in total. The second kappa shape index (κ2) is 6.57. The Hall–Kier alpha value is -1.10. The summed E-state index contributed by atoms with van der Waals surface area (Å²) in [6, 6.07) is 0.0901. The van der Waals surface area contributed by atoms with Crippen LogP contribution in [0, 0.1) is 0 Å². The van der Waals surface area contributed by atoms with E-state index in [0.29, 0.717) is 12.1 Å². The predicted octanol–water partition coefficient (Wildman–Crippen LogP) is 1.03. The lowest BCUT2D eigenvalue weighted by atomic mass is 9.98. The van der Waals surface area contributed by atoms with Crippen molar-refractivity contribution in [3.05, 3.63) is 0 Å². The third-order valence-electron chi connectivity index (χ3n) is 4.76. The first-order valence-electron chi connectivity index (χ1n) is 7.84. The molecule has 0 aliphatic carbocycles. The van der Waals surface area contributed by atoms with Crippen molar-refractivity contribution in [2.75, 3.05) is 7.05 Å². The standard InChI is InChI=1S/C15H27N3O2/c1-10-8-9-12-6-4-5-7-13(15(20)18(10)12)17-14(19)11(2)16-3/h10-13,16H,4-9H2,1-3H3,(H,17,19). The number of carbonyl (C=O) groups is 2. The smallest absolute Gasteiger partial charge is 0.245 e. The van der Waals surface area contributed by atoms with Gasteiger partial charge in [-0.05, 0) is 46.6 Å². The fourth-order valence-electron chi connectivity index (χ4n) is 3.35. The van der Waals surface area contributed by atoms with E-state index in [2.05, 4.69) is 17.6 Å². The fraction of sp³-hybridized carbons (Fsp3) is 0.867. The number of amides is 2. The molecule has 0 aromatic rings. The average Bonchev–Trinajstić information content (AvgIpc) is 2.79. The van der Waals surface area contributed by atoms with Gasteiger partial charge in [-0.15, -0.1) is 0 Å². The van der Waals surface area contributed by atoms with Crippen LogP contribution in [-0.4, -0.2) is 47.9 Å². The Morgan fingerprint density at radius 2 is 1.95 bits per heavy atom. The normalized spacial score (nSPS) is 32.2. The fourth-order valence-corrected chi connectivity index (χ4v) is 3.35. The highest BCUT2D eigenvalue weighted by atomic mass is 16.2. The minimum atomic E-state index is -0.346. The molecule has 0 aromatic carbocycles. The molecule has 2 heterocycles. The zero-order valence-corrected chi connectivity index (χ0v) is 12.8. The Bertz CT molecular complexity index is 372. The van der Waals surface area contributed by atoms with Crippen molar-refractivity contribution < 1.29 is 9.59 Å². The zero-order chi connectivity index (χ0) is 14.7. The molecular weight excluding hydrogens is 254 g/mol. The van der Waals surface area contributed by atoms with E-state index in [9.17, 15) is 9.59 Å². The predicted molar refractivity (Wildman–Crippen MR) is 78.3 cm³/mol. The van der Waals surface area contributed by atoms with E-state index < -0.39 is 0 Å². The highest BCUT2D eigenvalue weighted by Gasteiger charge is 2.38. The highest BCUT2D eigenvalue weighted by Crippen LogP contribution is 2.30. The van der Waals surface area contributed by atoms with Crippen molar-refractivity contribution in [2.45, 2.75) is 76.5 Å². The summed E-state index contributed by atoms with van der Waals surface area (Å²) in [5.41, 5.74) is 0. The van der Waals surface area contributed by atoms with E-state index in [0.717, 1.165) is 38.5 Å². The van der Waals surface area contributed by atoms with Crippen LogP contribution in [0.3, 0.4) is 0 Å². The third kappa shape index (κ3) is 3.14. The summed E-state index contributed by atoms with van der Waals surface area (Å²) >= 11 is 0. The number of likely N-dealkylation sites (N-methyl/N-ethyl adjacent to an activating group) is 1. The minimum Gasteiger partial charge on any atom is -0.343 e. The maximum atomic E-state index is 12.7. The second-order valence-corrected chi connectivity index (χ2v) is 6.18. The summed E-state index contributed by atoms with van der Waals surface area (Å²) in [5, 5.41) is 5.84. The highest BCUT2D eigenvalue weighted by molar-refractivity contribution is 5.90. The molecule has 2 fully saturated rings. The molecule has 5 heteroatoms. The summed E-state index contributed by atoms with van der Waals surface area (Å²) < 4.78 is 0. The van der Waals surface area contributed by atoms with Crippen LogP contribution < -0.4 is 10.6 Å². The Balaban J connectivity index is 2.07. The number of fused-ring (bicyclic) bond motifs is 1. The summed E-state index contributed by atoms with van der Waals surface area (Å²) in [7, 11) is 1.75. The van der Waals surface area contributed by atoms with Gasteiger partial charge in [-0.2, -0.15) is 0 Å². The molecule has 0 spiro atoms. The van der Waals surface area contributed by atoms with Gasteiger partial charge >= 0.3 is 0 Å². The van der Waals surface area contributed by atoms with Gasteiger partial charge in [0, 0.05) is 12.1 Å². The monoisotopic (exact) mass is 281 g/mol. The Labute approximate surface area is 121 Å². The summed E-state index contributed by atoms with van der Waals surface area (Å²) in [6.07, 6.45) is 6.24. The maximum absolute atomic E-state index is 12.7. The Kier molecular flexibility index (Phi) is 5.02. The molecule has 2 amide bonds. The van der Waals surface area contributed by atoms with Crippen LogP contribution in [0.5, 0.6) is 0 Å². The lowest BCUT2D eigenvalue weighted by molar-refractivity contribution is -0.140. The van der Waals surface area contributed by atoms with Crippen LogP contribution in [0.4, 0.5) is 0 Å². The van der Waals surface area contributed by atoms with E-state index in [1.165, 1.54) is 0 Å². The van der Waals surface area contributed by atoms with Crippen molar-refractivity contribution in [3.63, 3.8) is 0 Å². The first-order valence-corrected chi connectivity index (χ1v) is 7.84. The number of nitrogens with zero attached hydrogens (tertiary/aromatic N) is 1. The lowest BCUT2D eigenvalue weighted by Gasteiger charge is -2.35. The first-order chi connectivity index (χ1) is 9.54. The van der Waals surface area contributed by atoms with E-state index in [1.54, 1.807) is 7.05 Å². The molecule has 114 valence electrons. The van der Waals surface area contributed by atoms with E-state index in [1.807, 2.05) is 11.8 Å². The van der Waals surface area contributed by atoms with Gasteiger partial charge in [-0.1, -0.05) is 12.8 Å². The third-order valence-corrected chi connectivity index (χ3v) is 4.76. The van der Waals surface area contributed by atoms with Gasteiger partial charge in [0.2, 0.25) is 11.8 Å². The van der Waals surface area contributed by atoms with Crippen molar-refractivity contribution in [3.8, 4) is 0 Å². The molecule has 20 heavy (non-hydrogen) atoms. The van der Waals surface area contributed by atoms with Crippen LogP contribution >= 0.6 is 0 Å². The molecule has 2 aliphatic rings. The molecule has 0 radical (unpaired) electrons. The minimum absolute atomic E-state index is 0.0881. The summed E-state index contributed by atoms with van der Waals surface area (Å²) in [5.74, 6) is 0.0335. The van der Waals surface area contributed by atoms with E-state index in [4.69, 9.17) is 0 Å². The number of nitrogens with one attached hydrogen (secondary N) is 2. The largest absolute Gasteiger partial charge is 0.343 e. The number of hydrogen-bond donors (Lipinski definition) is 2. The SMILES string of the molecule is CNC(C)C(=O)NC1CCCCC2CCC(C)N2C1=O. The average molecular weight is 281 g/mol. The molecular formula is C15H27N3O2. The van der Waals surface area contributed by atoms with E-state index >= 15 is 0 Å². The quantitative estimate of drug-likeness (QED) is 0.812. The van der Waals surface area contributed by atoms with Crippen LogP contribution in [0.25, 0.3) is 0 Å². The summed E-state index contributed by atoms with van der Waals surface area (Å²) in [6.45, 7) is 3.93. The van der Waals surface area contributed by atoms with Gasteiger partial charge in [0.25, 0.3) is 0 Å². The van der Waals surface area contributed by atoms with E-state index in [-0.39, 0.29) is 23.9 Å². The van der Waals surface area contributed by atoms with Crippen molar-refractivity contribution >= 4 is 11.8 Å². The topological polar surface area (TPSA) is 61.4 Å². The number of carbonyl (C=O) groups excluding carboxylic acids is 2. The van der Waals surface area contributed by atoms with Crippen LogP contribution in [0.2, 0.25) is 0 Å². The van der Waals surface area contributed by atoms with Crippen molar-refractivity contribution in [1.82, 2.24) is 15.5 Å². The molecule has 2 rings (SSSR count). The van der Waals surface area contributed by atoms with Gasteiger partial charge in [0.05, 0.1) is 6.04 Å². The van der Waals surface area contributed by atoms with Crippen molar-refractivity contribution in [1.29, 1.82) is 0 Å². The molecule has 2 saturated heterocycles. The molecule has 2 aliphatic heterocycles. The second-order valence-electron chi connectivity index (χ2n) is 6.18. The summed E-state index contributed by atoms with van der Waals surface area (Å²) in [4.78, 5) is 26.8. The molecule has 4 atom stereocenters. The van der Waals surface area contributed by atoms with Gasteiger partial charge in [0.15, 0.2) is 0 Å². The van der Waals surface area contributed by atoms with Gasteiger partial charge in [0.1, 0.15) is 6.04 Å². The molecule has 2 N–H and O–H groups in total. The Morgan fingerprint density at radius 3 is 2.65 bits per heavy atom. The molecule has 4 unspecified atom stereocenters. The van der Waals surface area contributed by atoms with Crippen LogP contribution in [0.15, 0.2) is 0 Å². The van der Waals surface area contributed by atoms with Crippen molar-refractivity contribution in [2.24, 2.45) is 0 Å². The van der Waals surface area contributed by atoms with Crippen LogP contribution in [0.1, 0.15) is 52.4 Å². The molecule has 0 aromatic heterocycles. The van der Waals surface area contributed by atoms with Crippen LogP contribution in [-0.2, 0) is 9.59 Å². The zero-order valence-electron chi connectivity index (χ0n) is 12.8. The van der Waals surface area contributed by atoms with Gasteiger partial charge in [-0.25, -0.2) is 0 Å².